The molecule has 3 nitrogen and oxygen atoms in total. The number of fused-ring (bicyclic) bond motifs is 11. The van der Waals surface area contributed by atoms with Crippen LogP contribution in [0.25, 0.3) is 76.9 Å². The zero-order chi connectivity index (χ0) is 40.8. The molecule has 0 amide bonds. The van der Waals surface area contributed by atoms with Crippen molar-refractivity contribution in [3.8, 4) is 22.3 Å². The molecule has 13 rings (SSSR count). The van der Waals surface area contributed by atoms with Gasteiger partial charge in [0.2, 0.25) is 0 Å². The molecule has 290 valence electrons. The number of nitrogens with zero attached hydrogens (tertiary/aromatic N) is 1. The molecule has 0 unspecified atom stereocenters. The van der Waals surface area contributed by atoms with E-state index < -0.39 is 5.41 Å². The van der Waals surface area contributed by atoms with Crippen molar-refractivity contribution in [2.45, 2.75) is 5.41 Å². The molecule has 0 bridgehead atoms. The summed E-state index contributed by atoms with van der Waals surface area (Å²) < 4.78 is 13.3. The van der Waals surface area contributed by atoms with Crippen LogP contribution in [-0.4, -0.2) is 0 Å². The van der Waals surface area contributed by atoms with Crippen LogP contribution in [0.3, 0.4) is 0 Å². The largest absolute Gasteiger partial charge is 0.456 e. The van der Waals surface area contributed by atoms with Gasteiger partial charge in [-0.3, -0.25) is 0 Å². The molecule has 0 saturated heterocycles. The monoisotopic (exact) mass is 791 g/mol. The predicted molar refractivity (Wildman–Crippen MR) is 256 cm³/mol. The molecule has 0 radical (unpaired) electrons. The summed E-state index contributed by atoms with van der Waals surface area (Å²) in [4.78, 5) is 2.42. The van der Waals surface area contributed by atoms with E-state index in [0.29, 0.717) is 0 Å². The molecule has 1 aliphatic rings. The topological polar surface area (TPSA) is 29.5 Å². The van der Waals surface area contributed by atoms with Crippen molar-refractivity contribution in [3.05, 3.63) is 247 Å². The quantitative estimate of drug-likeness (QED) is 0.168. The van der Waals surface area contributed by atoms with E-state index in [1.807, 2.05) is 12.1 Å². The minimum Gasteiger partial charge on any atom is -0.456 e. The molecule has 2 heterocycles. The second-order valence-electron chi connectivity index (χ2n) is 16.3. The highest BCUT2D eigenvalue weighted by molar-refractivity contribution is 6.20. The summed E-state index contributed by atoms with van der Waals surface area (Å²) in [6, 6.07) is 81.1. The third kappa shape index (κ3) is 4.94. The van der Waals surface area contributed by atoms with E-state index in [1.165, 1.54) is 33.4 Å². The lowest BCUT2D eigenvalue weighted by Crippen LogP contribution is -2.28. The summed E-state index contributed by atoms with van der Waals surface area (Å²) in [6.07, 6.45) is 0. The van der Waals surface area contributed by atoms with Crippen molar-refractivity contribution in [3.63, 3.8) is 0 Å². The highest BCUT2D eigenvalue weighted by Crippen LogP contribution is 2.57. The smallest absolute Gasteiger partial charge is 0.143 e. The summed E-state index contributed by atoms with van der Waals surface area (Å²) in [5.74, 6) is 0. The van der Waals surface area contributed by atoms with Crippen molar-refractivity contribution in [2.75, 3.05) is 4.90 Å². The fourth-order valence-electron chi connectivity index (χ4n) is 10.5. The van der Waals surface area contributed by atoms with Crippen molar-refractivity contribution in [1.82, 2.24) is 0 Å². The van der Waals surface area contributed by atoms with Crippen LogP contribution in [0.2, 0.25) is 0 Å². The summed E-state index contributed by atoms with van der Waals surface area (Å²) in [7, 11) is 0. The lowest BCUT2D eigenvalue weighted by atomic mass is 9.67. The third-order valence-corrected chi connectivity index (χ3v) is 13.1. The van der Waals surface area contributed by atoms with E-state index >= 15 is 0 Å². The lowest BCUT2D eigenvalue weighted by molar-refractivity contribution is 0.669. The van der Waals surface area contributed by atoms with Crippen LogP contribution in [0.1, 0.15) is 22.3 Å². The molecule has 2 aromatic heterocycles. The van der Waals surface area contributed by atoms with Crippen LogP contribution in [0.4, 0.5) is 17.1 Å². The molecule has 0 N–H and O–H groups in total. The number of para-hydroxylation sites is 2. The molecular weight excluding hydrogens is 755 g/mol. The highest BCUT2D eigenvalue weighted by atomic mass is 16.3. The van der Waals surface area contributed by atoms with E-state index in [1.54, 1.807) is 0 Å². The van der Waals surface area contributed by atoms with Crippen LogP contribution in [0.5, 0.6) is 0 Å². The van der Waals surface area contributed by atoms with Crippen molar-refractivity contribution in [2.24, 2.45) is 0 Å². The Hall–Kier alpha value is -8.14. The lowest BCUT2D eigenvalue weighted by Gasteiger charge is -2.35. The first-order valence-corrected chi connectivity index (χ1v) is 21.2. The minimum absolute atomic E-state index is 0.553. The maximum atomic E-state index is 6.74. The first kappa shape index (κ1) is 34.7. The van der Waals surface area contributed by atoms with Crippen LogP contribution in [0, 0.1) is 0 Å². The average molecular weight is 792 g/mol. The van der Waals surface area contributed by atoms with Gasteiger partial charge in [0.1, 0.15) is 22.3 Å². The molecule has 0 fully saturated rings. The van der Waals surface area contributed by atoms with Gasteiger partial charge in [-0.15, -0.1) is 0 Å². The molecule has 0 spiro atoms. The van der Waals surface area contributed by atoms with Crippen LogP contribution in [0.15, 0.2) is 233 Å². The van der Waals surface area contributed by atoms with E-state index in [0.717, 1.165) is 82.8 Å². The molecule has 12 aromatic rings. The van der Waals surface area contributed by atoms with Gasteiger partial charge in [0.15, 0.2) is 0 Å². The second kappa shape index (κ2) is 13.4. The van der Waals surface area contributed by atoms with Gasteiger partial charge in [0, 0.05) is 49.9 Å². The molecule has 1 aliphatic carbocycles. The summed E-state index contributed by atoms with van der Waals surface area (Å²) in [5.41, 5.74) is 15.7. The fourth-order valence-corrected chi connectivity index (χ4v) is 10.5. The Kier molecular flexibility index (Phi) is 7.52. The van der Waals surface area contributed by atoms with Gasteiger partial charge in [-0.25, -0.2) is 0 Å². The van der Waals surface area contributed by atoms with Crippen molar-refractivity contribution >= 4 is 71.7 Å². The first-order chi connectivity index (χ1) is 30.8. The molecule has 62 heavy (non-hydrogen) atoms. The Morgan fingerprint density at radius 3 is 1.77 bits per heavy atom. The standard InChI is InChI=1S/C59H37NO2/c1-3-17-39(18-4-1)59(40-19-5-2-6-20-40)51-26-12-9-22-44(51)45-34-31-41(36-52(45)59)60(42-32-35-48-47-24-11-14-28-54(47)61-56(48)37-42)53-27-13-10-23-46(53)49-25-15-29-55-57(49)50-33-30-38-16-7-8-21-43(38)58(50)62-55/h1-37H. The molecule has 3 heteroatoms. The molecule has 0 aliphatic heterocycles. The van der Waals surface area contributed by atoms with Gasteiger partial charge in [-0.05, 0) is 92.9 Å². The summed E-state index contributed by atoms with van der Waals surface area (Å²) in [6.45, 7) is 0. The first-order valence-electron chi connectivity index (χ1n) is 21.2. The Morgan fingerprint density at radius 2 is 0.935 bits per heavy atom. The normalized spacial score (nSPS) is 13.0. The van der Waals surface area contributed by atoms with Crippen LogP contribution >= 0.6 is 0 Å². The minimum atomic E-state index is -0.553. The molecule has 10 aromatic carbocycles. The van der Waals surface area contributed by atoms with Gasteiger partial charge >= 0.3 is 0 Å². The summed E-state index contributed by atoms with van der Waals surface area (Å²) >= 11 is 0. The predicted octanol–water partition coefficient (Wildman–Crippen LogP) is 16.1. The van der Waals surface area contributed by atoms with Crippen LogP contribution < -0.4 is 4.90 Å². The average Bonchev–Trinajstić information content (AvgIpc) is 4.01. The van der Waals surface area contributed by atoms with Gasteiger partial charge in [0.25, 0.3) is 0 Å². The highest BCUT2D eigenvalue weighted by Gasteiger charge is 2.46. The maximum absolute atomic E-state index is 6.74. The molecule has 0 saturated carbocycles. The number of hydrogen-bond acceptors (Lipinski definition) is 3. The third-order valence-electron chi connectivity index (χ3n) is 13.1. The Bertz CT molecular complexity index is 3670. The second-order valence-corrected chi connectivity index (χ2v) is 16.3. The van der Waals surface area contributed by atoms with E-state index in [2.05, 4.69) is 217 Å². The van der Waals surface area contributed by atoms with Crippen molar-refractivity contribution < 1.29 is 8.83 Å². The maximum Gasteiger partial charge on any atom is 0.143 e. The van der Waals surface area contributed by atoms with Crippen LogP contribution in [-0.2, 0) is 5.41 Å². The molecule has 0 atom stereocenters. The Morgan fingerprint density at radius 1 is 0.339 bits per heavy atom. The van der Waals surface area contributed by atoms with E-state index in [9.17, 15) is 0 Å². The zero-order valence-corrected chi connectivity index (χ0v) is 33.6. The number of benzene rings is 10. The Labute approximate surface area is 358 Å². The van der Waals surface area contributed by atoms with Gasteiger partial charge in [-0.1, -0.05) is 170 Å². The van der Waals surface area contributed by atoms with Crippen molar-refractivity contribution in [1.29, 1.82) is 0 Å². The molecular formula is C59H37NO2. The van der Waals surface area contributed by atoms with E-state index in [4.69, 9.17) is 8.83 Å². The van der Waals surface area contributed by atoms with E-state index in [-0.39, 0.29) is 0 Å². The number of rotatable bonds is 6. The summed E-state index contributed by atoms with van der Waals surface area (Å²) in [5, 5.41) is 6.68. The van der Waals surface area contributed by atoms with Gasteiger partial charge in [-0.2, -0.15) is 0 Å². The van der Waals surface area contributed by atoms with Gasteiger partial charge < -0.3 is 13.7 Å². The Balaban J connectivity index is 1.10. The number of anilines is 3. The SMILES string of the molecule is c1ccc(C2(c3ccccc3)c3ccccc3-c3ccc(N(c4ccc5c(c4)oc4ccccc45)c4ccccc4-c4cccc5oc6c7ccccc7ccc6c45)cc32)cc1. The number of furan rings is 2. The number of hydrogen-bond donors (Lipinski definition) is 0. The fraction of sp³-hybridized carbons (Fsp3) is 0.0169. The zero-order valence-electron chi connectivity index (χ0n) is 33.6. The van der Waals surface area contributed by atoms with Gasteiger partial charge in [0.05, 0.1) is 11.1 Å².